The minimum atomic E-state index is -0.295. The highest BCUT2D eigenvalue weighted by Gasteiger charge is 2.32. The molecule has 1 aromatic rings. The van der Waals surface area contributed by atoms with Crippen molar-refractivity contribution < 1.29 is 14.3 Å². The van der Waals surface area contributed by atoms with Crippen molar-refractivity contribution in [3.05, 3.63) is 35.9 Å². The molecule has 0 atom stereocenters. The SMILES string of the molecule is CCOC(=O)CCC(=O)N(Cc1ccccc1)C1CC1. The smallest absolute Gasteiger partial charge is 0.306 e. The molecular weight excluding hydrogens is 254 g/mol. The van der Waals surface area contributed by atoms with Crippen LogP contribution in [0.25, 0.3) is 0 Å². The standard InChI is InChI=1S/C16H21NO3/c1-2-20-16(19)11-10-15(18)17(14-8-9-14)12-13-6-4-3-5-7-13/h3-7,14H,2,8-12H2,1H3. The predicted octanol–water partition coefficient (Wildman–Crippen LogP) is 2.52. The molecule has 0 aliphatic heterocycles. The number of ether oxygens (including phenoxy) is 1. The fourth-order valence-corrected chi connectivity index (χ4v) is 2.17. The maximum absolute atomic E-state index is 12.3. The summed E-state index contributed by atoms with van der Waals surface area (Å²) in [4.78, 5) is 25.5. The van der Waals surface area contributed by atoms with Crippen molar-refractivity contribution in [3.8, 4) is 0 Å². The minimum absolute atomic E-state index is 0.0457. The molecule has 0 spiro atoms. The van der Waals surface area contributed by atoms with Crippen LogP contribution in [0.5, 0.6) is 0 Å². The van der Waals surface area contributed by atoms with Gasteiger partial charge in [0.2, 0.25) is 5.91 Å². The molecule has 4 heteroatoms. The Morgan fingerprint density at radius 2 is 1.90 bits per heavy atom. The zero-order valence-corrected chi connectivity index (χ0v) is 11.9. The lowest BCUT2D eigenvalue weighted by atomic mass is 10.2. The number of nitrogens with zero attached hydrogens (tertiary/aromatic N) is 1. The van der Waals surface area contributed by atoms with Gasteiger partial charge in [0.1, 0.15) is 0 Å². The molecule has 1 amide bonds. The van der Waals surface area contributed by atoms with E-state index in [4.69, 9.17) is 4.74 Å². The average molecular weight is 275 g/mol. The summed E-state index contributed by atoms with van der Waals surface area (Å²) in [6.45, 7) is 2.77. The Labute approximate surface area is 119 Å². The Morgan fingerprint density at radius 3 is 2.50 bits per heavy atom. The van der Waals surface area contributed by atoms with E-state index < -0.39 is 0 Å². The van der Waals surface area contributed by atoms with Gasteiger partial charge >= 0.3 is 5.97 Å². The molecule has 0 aromatic heterocycles. The fourth-order valence-electron chi connectivity index (χ4n) is 2.17. The van der Waals surface area contributed by atoms with Crippen LogP contribution in [0.3, 0.4) is 0 Å². The number of rotatable bonds is 7. The molecule has 1 fully saturated rings. The molecule has 0 saturated heterocycles. The summed E-state index contributed by atoms with van der Waals surface area (Å²) < 4.78 is 4.86. The van der Waals surface area contributed by atoms with Gasteiger partial charge in [0, 0.05) is 19.0 Å². The lowest BCUT2D eigenvalue weighted by Crippen LogP contribution is -2.32. The number of hydrogen-bond acceptors (Lipinski definition) is 3. The summed E-state index contributed by atoms with van der Waals surface area (Å²) >= 11 is 0. The molecule has 0 N–H and O–H groups in total. The van der Waals surface area contributed by atoms with Gasteiger partial charge < -0.3 is 9.64 Å². The van der Waals surface area contributed by atoms with Crippen molar-refractivity contribution in [3.63, 3.8) is 0 Å². The van der Waals surface area contributed by atoms with Gasteiger partial charge in [0.15, 0.2) is 0 Å². The Balaban J connectivity index is 1.88. The molecule has 0 heterocycles. The van der Waals surface area contributed by atoms with Crippen LogP contribution in [-0.4, -0.2) is 29.4 Å². The van der Waals surface area contributed by atoms with E-state index in [9.17, 15) is 9.59 Å². The number of hydrogen-bond donors (Lipinski definition) is 0. The molecule has 108 valence electrons. The number of amides is 1. The molecule has 1 aromatic carbocycles. The van der Waals surface area contributed by atoms with Gasteiger partial charge in [-0.25, -0.2) is 0 Å². The zero-order valence-electron chi connectivity index (χ0n) is 11.9. The van der Waals surface area contributed by atoms with Crippen LogP contribution in [-0.2, 0) is 20.9 Å². The van der Waals surface area contributed by atoms with Crippen molar-refractivity contribution in [2.24, 2.45) is 0 Å². The van der Waals surface area contributed by atoms with Gasteiger partial charge in [-0.15, -0.1) is 0 Å². The van der Waals surface area contributed by atoms with Gasteiger partial charge in [-0.1, -0.05) is 30.3 Å². The number of benzene rings is 1. The van der Waals surface area contributed by atoms with E-state index in [-0.39, 0.29) is 24.7 Å². The van der Waals surface area contributed by atoms with Gasteiger partial charge in [0.25, 0.3) is 0 Å². The second-order valence-corrected chi connectivity index (χ2v) is 5.04. The first-order valence-corrected chi connectivity index (χ1v) is 7.19. The molecule has 1 aliphatic rings. The van der Waals surface area contributed by atoms with Crippen LogP contribution >= 0.6 is 0 Å². The van der Waals surface area contributed by atoms with E-state index in [1.807, 2.05) is 35.2 Å². The third kappa shape index (κ3) is 4.37. The Bertz CT molecular complexity index is 454. The second kappa shape index (κ2) is 7.08. The summed E-state index contributed by atoms with van der Waals surface area (Å²) in [5, 5.41) is 0. The third-order valence-corrected chi connectivity index (χ3v) is 3.35. The van der Waals surface area contributed by atoms with E-state index in [2.05, 4.69) is 0 Å². The second-order valence-electron chi connectivity index (χ2n) is 5.04. The van der Waals surface area contributed by atoms with E-state index >= 15 is 0 Å². The first-order chi connectivity index (χ1) is 9.70. The highest BCUT2D eigenvalue weighted by Crippen LogP contribution is 2.29. The average Bonchev–Trinajstić information content (AvgIpc) is 3.28. The quantitative estimate of drug-likeness (QED) is 0.718. The number of carbonyl (C=O) groups is 2. The first-order valence-electron chi connectivity index (χ1n) is 7.19. The maximum atomic E-state index is 12.3. The van der Waals surface area contributed by atoms with Crippen molar-refractivity contribution >= 4 is 11.9 Å². The van der Waals surface area contributed by atoms with Crippen molar-refractivity contribution in [2.75, 3.05) is 6.61 Å². The van der Waals surface area contributed by atoms with Crippen LogP contribution in [0, 0.1) is 0 Å². The molecule has 1 saturated carbocycles. The van der Waals surface area contributed by atoms with Gasteiger partial charge in [0.05, 0.1) is 13.0 Å². The lowest BCUT2D eigenvalue weighted by Gasteiger charge is -2.22. The van der Waals surface area contributed by atoms with Crippen LogP contribution in [0.4, 0.5) is 0 Å². The summed E-state index contributed by atoms with van der Waals surface area (Å²) in [5.74, 6) is -0.249. The Kier molecular flexibility index (Phi) is 5.16. The van der Waals surface area contributed by atoms with Gasteiger partial charge in [-0.05, 0) is 25.3 Å². The van der Waals surface area contributed by atoms with Crippen molar-refractivity contribution in [1.82, 2.24) is 4.90 Å². The topological polar surface area (TPSA) is 46.6 Å². The van der Waals surface area contributed by atoms with Gasteiger partial charge in [-0.3, -0.25) is 9.59 Å². The monoisotopic (exact) mass is 275 g/mol. The number of esters is 1. The third-order valence-electron chi connectivity index (χ3n) is 3.35. The normalized spacial score (nSPS) is 13.8. The summed E-state index contributed by atoms with van der Waals surface area (Å²) in [6, 6.07) is 10.3. The molecule has 0 bridgehead atoms. The molecule has 0 unspecified atom stereocenters. The predicted molar refractivity (Wildman–Crippen MR) is 75.9 cm³/mol. The highest BCUT2D eigenvalue weighted by atomic mass is 16.5. The Hall–Kier alpha value is -1.84. The largest absolute Gasteiger partial charge is 0.466 e. The molecular formula is C16H21NO3. The molecule has 20 heavy (non-hydrogen) atoms. The molecule has 0 radical (unpaired) electrons. The van der Waals surface area contributed by atoms with E-state index in [1.54, 1.807) is 6.92 Å². The van der Waals surface area contributed by atoms with Crippen molar-refractivity contribution in [1.29, 1.82) is 0 Å². The molecule has 2 rings (SSSR count). The maximum Gasteiger partial charge on any atom is 0.306 e. The minimum Gasteiger partial charge on any atom is -0.466 e. The van der Waals surface area contributed by atoms with E-state index in [0.29, 0.717) is 19.2 Å². The van der Waals surface area contributed by atoms with Crippen LogP contribution < -0.4 is 0 Å². The number of carbonyl (C=O) groups excluding carboxylic acids is 2. The lowest BCUT2D eigenvalue weighted by molar-refractivity contribution is -0.146. The van der Waals surface area contributed by atoms with Crippen LogP contribution in [0.2, 0.25) is 0 Å². The molecule has 1 aliphatic carbocycles. The highest BCUT2D eigenvalue weighted by molar-refractivity contribution is 5.81. The Morgan fingerprint density at radius 1 is 1.20 bits per heavy atom. The zero-order chi connectivity index (χ0) is 14.4. The summed E-state index contributed by atoms with van der Waals surface area (Å²) in [7, 11) is 0. The van der Waals surface area contributed by atoms with Crippen molar-refractivity contribution in [2.45, 2.75) is 45.2 Å². The van der Waals surface area contributed by atoms with E-state index in [1.165, 1.54) is 0 Å². The van der Waals surface area contributed by atoms with Gasteiger partial charge in [-0.2, -0.15) is 0 Å². The van der Waals surface area contributed by atoms with Crippen LogP contribution in [0.15, 0.2) is 30.3 Å². The summed E-state index contributed by atoms with van der Waals surface area (Å²) in [5.41, 5.74) is 1.13. The fraction of sp³-hybridized carbons (Fsp3) is 0.500. The summed E-state index contributed by atoms with van der Waals surface area (Å²) in [6.07, 6.45) is 2.54. The van der Waals surface area contributed by atoms with E-state index in [0.717, 1.165) is 18.4 Å². The van der Waals surface area contributed by atoms with Crippen LogP contribution in [0.1, 0.15) is 38.2 Å². The first kappa shape index (κ1) is 14.6. The molecule has 4 nitrogen and oxygen atoms in total.